The summed E-state index contributed by atoms with van der Waals surface area (Å²) in [6.07, 6.45) is 3.40. The van der Waals surface area contributed by atoms with Crippen LogP contribution in [0.15, 0.2) is 0 Å². The average Bonchev–Trinajstić information content (AvgIpc) is 2.58. The van der Waals surface area contributed by atoms with E-state index in [4.69, 9.17) is 11.6 Å². The topological polar surface area (TPSA) is 46.2 Å². The molecule has 5 heteroatoms. The first-order chi connectivity index (χ1) is 7.73. The zero-order valence-electron chi connectivity index (χ0n) is 11.0. The number of alkyl halides is 1. The molecule has 1 aliphatic carbocycles. The fraction of sp³-hybridized carbons (Fsp3) is 1.00. The smallest absolute Gasteiger partial charge is 0.212 e. The fourth-order valence-electron chi connectivity index (χ4n) is 2.44. The van der Waals surface area contributed by atoms with Gasteiger partial charge in [-0.25, -0.2) is 13.1 Å². The summed E-state index contributed by atoms with van der Waals surface area (Å²) in [6, 6.07) is 0. The highest BCUT2D eigenvalue weighted by Gasteiger charge is 2.28. The van der Waals surface area contributed by atoms with Crippen molar-refractivity contribution in [3.63, 3.8) is 0 Å². The lowest BCUT2D eigenvalue weighted by molar-refractivity contribution is 0.412. The van der Waals surface area contributed by atoms with Gasteiger partial charge < -0.3 is 0 Å². The summed E-state index contributed by atoms with van der Waals surface area (Å²) in [7, 11) is -3.15. The highest BCUT2D eigenvalue weighted by atomic mass is 35.5. The van der Waals surface area contributed by atoms with Gasteiger partial charge in [0.1, 0.15) is 0 Å². The third kappa shape index (κ3) is 5.58. The van der Waals surface area contributed by atoms with Gasteiger partial charge >= 0.3 is 0 Å². The van der Waals surface area contributed by atoms with E-state index in [1.54, 1.807) is 0 Å². The summed E-state index contributed by atoms with van der Waals surface area (Å²) in [6.45, 7) is 6.35. The van der Waals surface area contributed by atoms with Crippen LogP contribution in [-0.2, 0) is 10.0 Å². The van der Waals surface area contributed by atoms with E-state index >= 15 is 0 Å². The number of sulfonamides is 1. The number of hydrogen-bond donors (Lipinski definition) is 1. The molecule has 2 atom stereocenters. The number of hydrogen-bond acceptors (Lipinski definition) is 2. The van der Waals surface area contributed by atoms with Gasteiger partial charge in [0.05, 0.1) is 5.75 Å². The molecule has 0 aromatic heterocycles. The Morgan fingerprint density at radius 1 is 1.24 bits per heavy atom. The van der Waals surface area contributed by atoms with E-state index in [1.165, 1.54) is 6.42 Å². The molecule has 0 bridgehead atoms. The van der Waals surface area contributed by atoms with Crippen molar-refractivity contribution in [2.75, 3.05) is 18.2 Å². The van der Waals surface area contributed by atoms with Crippen LogP contribution in [0.3, 0.4) is 0 Å². The Hall–Kier alpha value is 0.200. The molecule has 1 N–H and O–H groups in total. The minimum Gasteiger partial charge on any atom is -0.215 e. The second kappa shape index (κ2) is 5.89. The molecule has 0 aromatic carbocycles. The van der Waals surface area contributed by atoms with Gasteiger partial charge in [-0.15, -0.1) is 11.6 Å². The van der Waals surface area contributed by atoms with E-state index in [2.05, 4.69) is 4.72 Å². The zero-order valence-corrected chi connectivity index (χ0v) is 12.6. The van der Waals surface area contributed by atoms with Crippen molar-refractivity contribution in [2.45, 2.75) is 40.0 Å². The summed E-state index contributed by atoms with van der Waals surface area (Å²) >= 11 is 5.88. The van der Waals surface area contributed by atoms with Gasteiger partial charge in [-0.05, 0) is 30.1 Å². The van der Waals surface area contributed by atoms with Gasteiger partial charge in [0.25, 0.3) is 0 Å². The summed E-state index contributed by atoms with van der Waals surface area (Å²) in [5.74, 6) is 1.72. The predicted molar refractivity (Wildman–Crippen MR) is 72.8 cm³/mol. The lowest BCUT2D eigenvalue weighted by Crippen LogP contribution is -2.36. The molecule has 0 aromatic rings. The predicted octanol–water partition coefficient (Wildman–Crippen LogP) is 2.61. The standard InChI is InChI=1S/C12H24ClNO2S/c1-12(2,3)9-17(15,16)14-8-11-6-4-5-10(11)7-13/h10-11,14H,4-9H2,1-3H3. The molecule has 0 aliphatic heterocycles. The van der Waals surface area contributed by atoms with E-state index in [1.807, 2.05) is 20.8 Å². The molecule has 0 amide bonds. The molecular formula is C12H24ClNO2S. The van der Waals surface area contributed by atoms with Crippen LogP contribution >= 0.6 is 11.6 Å². The number of rotatable bonds is 5. The maximum atomic E-state index is 11.9. The lowest BCUT2D eigenvalue weighted by Gasteiger charge is -2.21. The molecule has 1 fully saturated rings. The highest BCUT2D eigenvalue weighted by molar-refractivity contribution is 7.89. The minimum atomic E-state index is -3.15. The number of nitrogens with one attached hydrogen (secondary N) is 1. The highest BCUT2D eigenvalue weighted by Crippen LogP contribution is 2.32. The maximum absolute atomic E-state index is 11.9. The van der Waals surface area contributed by atoms with Gasteiger partial charge in [0, 0.05) is 12.4 Å². The van der Waals surface area contributed by atoms with E-state index in [-0.39, 0.29) is 11.2 Å². The quantitative estimate of drug-likeness (QED) is 0.788. The molecule has 2 unspecified atom stereocenters. The van der Waals surface area contributed by atoms with Crippen molar-refractivity contribution >= 4 is 21.6 Å². The van der Waals surface area contributed by atoms with Crippen molar-refractivity contribution in [3.05, 3.63) is 0 Å². The minimum absolute atomic E-state index is 0.179. The molecule has 1 rings (SSSR count). The van der Waals surface area contributed by atoms with Gasteiger partial charge in [-0.2, -0.15) is 0 Å². The third-order valence-corrected chi connectivity index (χ3v) is 5.45. The van der Waals surface area contributed by atoms with Gasteiger partial charge in [-0.1, -0.05) is 27.2 Å². The van der Waals surface area contributed by atoms with Crippen LogP contribution in [0.1, 0.15) is 40.0 Å². The molecule has 3 nitrogen and oxygen atoms in total. The first-order valence-corrected chi connectivity index (χ1v) is 8.45. The molecule has 0 saturated heterocycles. The van der Waals surface area contributed by atoms with Crippen molar-refractivity contribution in [1.29, 1.82) is 0 Å². The Morgan fingerprint density at radius 3 is 2.35 bits per heavy atom. The van der Waals surface area contributed by atoms with Gasteiger partial charge in [0.2, 0.25) is 10.0 Å². The van der Waals surface area contributed by atoms with Gasteiger partial charge in [0.15, 0.2) is 0 Å². The summed E-state index contributed by atoms with van der Waals surface area (Å²) in [4.78, 5) is 0. The second-order valence-corrected chi connectivity index (χ2v) is 8.39. The van der Waals surface area contributed by atoms with Crippen molar-refractivity contribution in [3.8, 4) is 0 Å². The summed E-state index contributed by atoms with van der Waals surface area (Å²) in [5.41, 5.74) is -0.201. The number of halogens is 1. The molecule has 0 radical (unpaired) electrons. The van der Waals surface area contributed by atoms with Crippen LogP contribution in [0.4, 0.5) is 0 Å². The first kappa shape index (κ1) is 15.3. The Kier molecular flexibility index (Phi) is 5.29. The Bertz CT molecular complexity index is 335. The van der Waals surface area contributed by atoms with Crippen molar-refractivity contribution in [2.24, 2.45) is 17.3 Å². The van der Waals surface area contributed by atoms with E-state index in [0.29, 0.717) is 24.3 Å². The lowest BCUT2D eigenvalue weighted by atomic mass is 9.98. The normalized spacial score (nSPS) is 26.4. The van der Waals surface area contributed by atoms with Crippen LogP contribution in [0.2, 0.25) is 0 Å². The average molecular weight is 282 g/mol. The largest absolute Gasteiger partial charge is 0.215 e. The molecule has 0 spiro atoms. The molecule has 1 aliphatic rings. The maximum Gasteiger partial charge on any atom is 0.212 e. The fourth-order valence-corrected chi connectivity index (χ4v) is 4.56. The van der Waals surface area contributed by atoms with E-state index in [0.717, 1.165) is 12.8 Å². The molecule has 17 heavy (non-hydrogen) atoms. The van der Waals surface area contributed by atoms with Crippen LogP contribution in [-0.4, -0.2) is 26.6 Å². The monoisotopic (exact) mass is 281 g/mol. The van der Waals surface area contributed by atoms with Crippen molar-refractivity contribution in [1.82, 2.24) is 4.72 Å². The molecule has 1 saturated carbocycles. The molecule has 102 valence electrons. The Labute approximate surface area is 110 Å². The zero-order chi connectivity index (χ0) is 13.1. The summed E-state index contributed by atoms with van der Waals surface area (Å²) < 4.78 is 26.4. The third-order valence-electron chi connectivity index (χ3n) is 3.20. The van der Waals surface area contributed by atoms with E-state index < -0.39 is 10.0 Å². The molecule has 0 heterocycles. The SMILES string of the molecule is CC(C)(C)CS(=O)(=O)NCC1CCCC1CCl. The van der Waals surface area contributed by atoms with Crippen LogP contribution in [0, 0.1) is 17.3 Å². The summed E-state index contributed by atoms with van der Waals surface area (Å²) in [5, 5.41) is 0. The Balaban J connectivity index is 2.44. The van der Waals surface area contributed by atoms with Gasteiger partial charge in [-0.3, -0.25) is 0 Å². The van der Waals surface area contributed by atoms with Crippen LogP contribution in [0.25, 0.3) is 0 Å². The Morgan fingerprint density at radius 2 is 1.82 bits per heavy atom. The first-order valence-electron chi connectivity index (χ1n) is 6.27. The second-order valence-electron chi connectivity index (χ2n) is 6.27. The molecular weight excluding hydrogens is 258 g/mol. The van der Waals surface area contributed by atoms with E-state index in [9.17, 15) is 8.42 Å². The van der Waals surface area contributed by atoms with Crippen LogP contribution in [0.5, 0.6) is 0 Å². The van der Waals surface area contributed by atoms with Crippen LogP contribution < -0.4 is 4.72 Å². The van der Waals surface area contributed by atoms with Crippen molar-refractivity contribution < 1.29 is 8.42 Å².